The van der Waals surface area contributed by atoms with E-state index in [1.165, 1.54) is 35.2 Å². The Hall–Kier alpha value is -2.99. The maximum Gasteiger partial charge on any atom is 0.416 e. The van der Waals surface area contributed by atoms with E-state index in [0.717, 1.165) is 44.2 Å². The highest BCUT2D eigenvalue weighted by Gasteiger charge is 2.37. The molecule has 7 nitrogen and oxygen atoms in total. The quantitative estimate of drug-likeness (QED) is 0.217. The number of nitrogens with one attached hydrogen (secondary N) is 1. The minimum absolute atomic E-state index is 0.0785. The highest BCUT2D eigenvalue weighted by atomic mass is 35.5. The van der Waals surface area contributed by atoms with Crippen molar-refractivity contribution in [3.8, 4) is 0 Å². The lowest BCUT2D eigenvalue weighted by atomic mass is 9.95. The number of hydrogen-bond donors (Lipinski definition) is 1. The summed E-state index contributed by atoms with van der Waals surface area (Å²) in [7, 11) is -4.64. The van der Waals surface area contributed by atoms with Crippen LogP contribution in [0.15, 0.2) is 71.6 Å². The Morgan fingerprint density at radius 1 is 0.935 bits per heavy atom. The predicted octanol–water partition coefficient (Wildman–Crippen LogP) is 8.12. The Balaban J connectivity index is 1.79. The van der Waals surface area contributed by atoms with E-state index in [2.05, 4.69) is 5.32 Å². The van der Waals surface area contributed by atoms with Gasteiger partial charge in [-0.3, -0.25) is 13.9 Å². The molecule has 1 aliphatic carbocycles. The fourth-order valence-corrected chi connectivity index (χ4v) is 7.59. The second-order valence-corrected chi connectivity index (χ2v) is 14.1. The van der Waals surface area contributed by atoms with Crippen molar-refractivity contribution >= 4 is 62.3 Å². The standard InChI is InChI=1S/C32H33Cl3F3N3O4S/c1-2-28(31(43)39-24-9-5-3-6-10-24)40(19-21-13-15-23(33)18-27(21)35)30(42)20-41(46(44,45)25-11-7-4-8-12-25)29-17-22(32(36,37)38)14-16-26(29)34/h4,7-8,11-18,24,28H,2-3,5-6,9-10,19-20H2,1H3,(H,39,43). The molecule has 0 radical (unpaired) electrons. The summed E-state index contributed by atoms with van der Waals surface area (Å²) >= 11 is 18.8. The molecule has 1 unspecified atom stereocenters. The monoisotopic (exact) mass is 717 g/mol. The molecule has 0 spiro atoms. The molecular weight excluding hydrogens is 686 g/mol. The van der Waals surface area contributed by atoms with Crippen molar-refractivity contribution < 1.29 is 31.2 Å². The largest absolute Gasteiger partial charge is 0.416 e. The zero-order valence-corrected chi connectivity index (χ0v) is 28.0. The van der Waals surface area contributed by atoms with E-state index >= 15 is 0 Å². The number of halogens is 6. The first-order chi connectivity index (χ1) is 21.7. The van der Waals surface area contributed by atoms with E-state index < -0.39 is 51.9 Å². The molecule has 0 aromatic heterocycles. The van der Waals surface area contributed by atoms with Crippen molar-refractivity contribution in [2.24, 2.45) is 0 Å². The summed E-state index contributed by atoms with van der Waals surface area (Å²) < 4.78 is 69.8. The number of rotatable bonds is 11. The Labute approximate surface area is 281 Å². The van der Waals surface area contributed by atoms with E-state index in [9.17, 15) is 31.2 Å². The molecule has 0 bridgehead atoms. The van der Waals surface area contributed by atoms with Gasteiger partial charge in [0.05, 0.1) is 21.2 Å². The van der Waals surface area contributed by atoms with Crippen LogP contribution < -0.4 is 9.62 Å². The van der Waals surface area contributed by atoms with Gasteiger partial charge in [0.1, 0.15) is 12.6 Å². The third kappa shape index (κ3) is 8.67. The van der Waals surface area contributed by atoms with E-state index in [1.807, 2.05) is 0 Å². The Morgan fingerprint density at radius 3 is 2.22 bits per heavy atom. The average molecular weight is 719 g/mol. The second kappa shape index (κ2) is 15.3. The molecule has 3 aromatic carbocycles. The Kier molecular flexibility index (Phi) is 11.9. The Bertz CT molecular complexity index is 1650. The number of benzene rings is 3. The lowest BCUT2D eigenvalue weighted by Crippen LogP contribution is -2.54. The number of anilines is 1. The van der Waals surface area contributed by atoms with Crippen molar-refractivity contribution in [3.05, 3.63) is 92.9 Å². The van der Waals surface area contributed by atoms with Crippen LogP contribution in [0.4, 0.5) is 18.9 Å². The van der Waals surface area contributed by atoms with Gasteiger partial charge in [0.15, 0.2) is 0 Å². The van der Waals surface area contributed by atoms with Crippen LogP contribution in [0.3, 0.4) is 0 Å². The summed E-state index contributed by atoms with van der Waals surface area (Å²) in [6.45, 7) is 0.536. The molecule has 1 N–H and O–H groups in total. The van der Waals surface area contributed by atoms with E-state index in [-0.39, 0.29) is 33.9 Å². The summed E-state index contributed by atoms with van der Waals surface area (Å²) in [4.78, 5) is 28.9. The van der Waals surface area contributed by atoms with Gasteiger partial charge < -0.3 is 10.2 Å². The normalized spacial score (nSPS) is 14.8. The minimum atomic E-state index is -4.83. The highest BCUT2D eigenvalue weighted by molar-refractivity contribution is 7.92. The van der Waals surface area contributed by atoms with Gasteiger partial charge >= 0.3 is 6.18 Å². The number of hydrogen-bond acceptors (Lipinski definition) is 4. The third-order valence-electron chi connectivity index (χ3n) is 7.85. The number of carbonyl (C=O) groups is 2. The zero-order chi connectivity index (χ0) is 33.6. The molecule has 1 atom stereocenters. The number of alkyl halides is 3. The van der Waals surface area contributed by atoms with E-state index in [1.54, 1.807) is 25.1 Å². The molecule has 2 amide bonds. The molecule has 0 heterocycles. The number of amides is 2. The molecule has 0 saturated heterocycles. The van der Waals surface area contributed by atoms with Gasteiger partial charge in [0, 0.05) is 22.6 Å². The number of carbonyl (C=O) groups excluding carboxylic acids is 2. The smallest absolute Gasteiger partial charge is 0.352 e. The van der Waals surface area contributed by atoms with Gasteiger partial charge in [0.2, 0.25) is 11.8 Å². The van der Waals surface area contributed by atoms with Crippen molar-refractivity contribution in [2.75, 3.05) is 10.8 Å². The fourth-order valence-electron chi connectivity index (χ4n) is 5.41. The van der Waals surface area contributed by atoms with Gasteiger partial charge in [-0.15, -0.1) is 0 Å². The van der Waals surface area contributed by atoms with Gasteiger partial charge in [-0.2, -0.15) is 13.2 Å². The maximum absolute atomic E-state index is 14.3. The van der Waals surface area contributed by atoms with E-state index in [4.69, 9.17) is 34.8 Å². The summed E-state index contributed by atoms with van der Waals surface area (Å²) in [5, 5.41) is 3.25. The van der Waals surface area contributed by atoms with Crippen LogP contribution in [0.5, 0.6) is 0 Å². The highest BCUT2D eigenvalue weighted by Crippen LogP contribution is 2.37. The van der Waals surface area contributed by atoms with Crippen LogP contribution in [-0.4, -0.2) is 43.8 Å². The molecule has 46 heavy (non-hydrogen) atoms. The number of nitrogens with zero attached hydrogens (tertiary/aromatic N) is 2. The zero-order valence-electron chi connectivity index (χ0n) is 24.9. The summed E-state index contributed by atoms with van der Waals surface area (Å²) in [6, 6.07) is 12.7. The molecule has 1 saturated carbocycles. The third-order valence-corrected chi connectivity index (χ3v) is 10.5. The summed E-state index contributed by atoms with van der Waals surface area (Å²) in [5.74, 6) is -1.29. The first kappa shape index (κ1) is 35.9. The SMILES string of the molecule is CCC(C(=O)NC1CCCCC1)N(Cc1ccc(Cl)cc1Cl)C(=O)CN(c1cc(C(F)(F)F)ccc1Cl)S(=O)(=O)c1ccccc1. The van der Waals surface area contributed by atoms with Crippen LogP contribution in [0, 0.1) is 0 Å². The van der Waals surface area contributed by atoms with Crippen LogP contribution in [0.25, 0.3) is 0 Å². The van der Waals surface area contributed by atoms with Gasteiger partial charge in [-0.1, -0.05) is 85.3 Å². The molecular formula is C32H33Cl3F3N3O4S. The maximum atomic E-state index is 14.3. The average Bonchev–Trinajstić information content (AvgIpc) is 3.01. The van der Waals surface area contributed by atoms with Crippen LogP contribution in [0.2, 0.25) is 15.1 Å². The summed E-state index contributed by atoms with van der Waals surface area (Å²) in [5.41, 5.74) is -1.27. The summed E-state index contributed by atoms with van der Waals surface area (Å²) in [6.07, 6.45) is -0.123. The molecule has 0 aliphatic heterocycles. The number of sulfonamides is 1. The predicted molar refractivity (Wildman–Crippen MR) is 174 cm³/mol. The van der Waals surface area contributed by atoms with Gasteiger partial charge in [0.25, 0.3) is 10.0 Å². The first-order valence-corrected chi connectivity index (χ1v) is 17.3. The van der Waals surface area contributed by atoms with Crippen LogP contribution in [0.1, 0.15) is 56.6 Å². The Morgan fingerprint density at radius 2 is 1.61 bits per heavy atom. The molecule has 14 heteroatoms. The molecule has 4 rings (SSSR count). The van der Waals surface area contributed by atoms with Gasteiger partial charge in [-0.25, -0.2) is 8.42 Å². The van der Waals surface area contributed by atoms with E-state index in [0.29, 0.717) is 21.0 Å². The minimum Gasteiger partial charge on any atom is -0.352 e. The van der Waals surface area contributed by atoms with Crippen molar-refractivity contribution in [1.82, 2.24) is 10.2 Å². The molecule has 1 aliphatic rings. The first-order valence-electron chi connectivity index (χ1n) is 14.7. The van der Waals surface area contributed by atoms with Crippen molar-refractivity contribution in [1.29, 1.82) is 0 Å². The topological polar surface area (TPSA) is 86.8 Å². The van der Waals surface area contributed by atoms with Crippen molar-refractivity contribution in [3.63, 3.8) is 0 Å². The van der Waals surface area contributed by atoms with Gasteiger partial charge in [-0.05, 0) is 67.3 Å². The van der Waals surface area contributed by atoms with Crippen LogP contribution in [-0.2, 0) is 32.3 Å². The molecule has 248 valence electrons. The second-order valence-electron chi connectivity index (χ2n) is 11.0. The lowest BCUT2D eigenvalue weighted by Gasteiger charge is -2.35. The fraction of sp³-hybridized carbons (Fsp3) is 0.375. The molecule has 3 aromatic rings. The van der Waals surface area contributed by atoms with Crippen LogP contribution >= 0.6 is 34.8 Å². The van der Waals surface area contributed by atoms with Crippen molar-refractivity contribution in [2.45, 2.75) is 75.1 Å². The lowest BCUT2D eigenvalue weighted by molar-refractivity contribution is -0.140. The molecule has 1 fully saturated rings.